The molecule has 65 heavy (non-hydrogen) atoms. The lowest BCUT2D eigenvalue weighted by molar-refractivity contribution is -0.358. The Hall–Kier alpha value is -5.48. The molecular formula is C42H47O23+. The molecule has 15 unspecified atom stereocenters. The molecule has 3 fully saturated rings. The summed E-state index contributed by atoms with van der Waals surface area (Å²) in [5, 5.41) is 147. The van der Waals surface area contributed by atoms with E-state index in [0.29, 0.717) is 5.56 Å². The van der Waals surface area contributed by atoms with Gasteiger partial charge in [-0.3, -0.25) is 0 Å². The highest BCUT2D eigenvalue weighted by molar-refractivity contribution is 5.89. The SMILES string of the molecule is O=C(/C=C/c1ccc(O)cc1)OCC1OC(OC2C(Oc3cc4c(OC5OC(CO)C(O)C(O)C5O)cc(O)cc4[o+]c3-c3ccc(O)c(O)c3)OC(CO)C(O)C2O)C(O)C(O)C1O. The molecule has 0 amide bonds. The van der Waals surface area contributed by atoms with Crippen LogP contribution in [0, 0.1) is 0 Å². The van der Waals surface area contributed by atoms with Crippen molar-refractivity contribution >= 4 is 23.0 Å². The molecule has 3 aromatic carbocycles. The summed E-state index contributed by atoms with van der Waals surface area (Å²) in [4.78, 5) is 12.5. The number of aliphatic hydroxyl groups is 10. The van der Waals surface area contributed by atoms with Crippen LogP contribution in [-0.4, -0.2) is 189 Å². The lowest BCUT2D eigenvalue weighted by atomic mass is 9.97. The Morgan fingerprint density at radius 2 is 1.20 bits per heavy atom. The first-order chi connectivity index (χ1) is 31.0. The van der Waals surface area contributed by atoms with Crippen LogP contribution < -0.4 is 9.47 Å². The first-order valence-corrected chi connectivity index (χ1v) is 19.9. The molecular weight excluding hydrogens is 872 g/mol. The average Bonchev–Trinajstić information content (AvgIpc) is 3.29. The number of hydrogen-bond donors (Lipinski definition) is 14. The summed E-state index contributed by atoms with van der Waals surface area (Å²) >= 11 is 0. The van der Waals surface area contributed by atoms with Crippen LogP contribution in [0.2, 0.25) is 0 Å². The van der Waals surface area contributed by atoms with Crippen LogP contribution in [0.3, 0.4) is 0 Å². The average molecular weight is 920 g/mol. The van der Waals surface area contributed by atoms with Gasteiger partial charge in [0.1, 0.15) is 96.4 Å². The molecule has 3 aliphatic heterocycles. The van der Waals surface area contributed by atoms with Crippen molar-refractivity contribution in [1.82, 2.24) is 0 Å². The first kappa shape index (κ1) is 47.5. The maximum atomic E-state index is 12.5. The summed E-state index contributed by atoms with van der Waals surface area (Å²) in [5.74, 6) is -3.52. The standard InChI is InChI=1S/C42H46O23/c43-13-26-30(50)33(53)36(56)40(62-26)60-24-11-19(46)10-23-20(24)12-25(38(59-23)17-4-7-21(47)22(48)9-17)61-42-39(35(55)31(51)27(14-44)63-42)65-41-37(57)34(54)32(52)28(64-41)15-58-29(49)8-3-16-1-5-18(45)6-2-16/h1-12,26-28,30-37,39-44,50-57H,13-15H2,(H3-,45,46,47,48,49)/p+1. The van der Waals surface area contributed by atoms with E-state index in [1.165, 1.54) is 42.5 Å². The molecule has 0 aliphatic carbocycles. The van der Waals surface area contributed by atoms with E-state index in [9.17, 15) is 76.3 Å². The van der Waals surface area contributed by atoms with Crippen LogP contribution in [0.4, 0.5) is 0 Å². The van der Waals surface area contributed by atoms with E-state index in [2.05, 4.69) is 0 Å². The summed E-state index contributed by atoms with van der Waals surface area (Å²) < 4.78 is 46.3. The van der Waals surface area contributed by atoms with Crippen LogP contribution in [0.1, 0.15) is 5.56 Å². The second kappa shape index (κ2) is 19.9. The van der Waals surface area contributed by atoms with Crippen LogP contribution in [0.25, 0.3) is 28.4 Å². The van der Waals surface area contributed by atoms with Gasteiger partial charge in [-0.15, -0.1) is 0 Å². The molecule has 4 heterocycles. The molecule has 23 heteroatoms. The van der Waals surface area contributed by atoms with Crippen molar-refractivity contribution in [3.05, 3.63) is 72.3 Å². The fourth-order valence-electron chi connectivity index (χ4n) is 7.22. The highest BCUT2D eigenvalue weighted by atomic mass is 16.8. The number of aliphatic hydroxyl groups excluding tert-OH is 10. The topological polar surface area (TPSA) is 376 Å². The quantitative estimate of drug-likeness (QED) is 0.0289. The molecule has 15 atom stereocenters. The molecule has 3 saturated heterocycles. The van der Waals surface area contributed by atoms with Gasteiger partial charge in [0.05, 0.1) is 24.8 Å². The predicted octanol–water partition coefficient (Wildman–Crippen LogP) is -2.35. The van der Waals surface area contributed by atoms with E-state index >= 15 is 0 Å². The molecule has 4 aromatic rings. The molecule has 0 bridgehead atoms. The van der Waals surface area contributed by atoms with E-state index in [1.807, 2.05) is 0 Å². The maximum absolute atomic E-state index is 12.5. The predicted molar refractivity (Wildman–Crippen MR) is 213 cm³/mol. The molecule has 0 radical (unpaired) electrons. The maximum Gasteiger partial charge on any atom is 0.402 e. The van der Waals surface area contributed by atoms with Gasteiger partial charge in [-0.2, -0.15) is 0 Å². The number of ether oxygens (including phenoxy) is 7. The molecule has 352 valence electrons. The minimum absolute atomic E-state index is 0.00131. The Morgan fingerprint density at radius 3 is 1.86 bits per heavy atom. The zero-order valence-electron chi connectivity index (χ0n) is 33.6. The van der Waals surface area contributed by atoms with Gasteiger partial charge in [0, 0.05) is 24.3 Å². The zero-order chi connectivity index (χ0) is 46.9. The van der Waals surface area contributed by atoms with Gasteiger partial charge in [-0.05, 0) is 35.9 Å². The minimum Gasteiger partial charge on any atom is -0.508 e. The largest absolute Gasteiger partial charge is 0.508 e. The van der Waals surface area contributed by atoms with Crippen molar-refractivity contribution in [2.75, 3.05) is 19.8 Å². The van der Waals surface area contributed by atoms with Gasteiger partial charge in [-0.1, -0.05) is 12.1 Å². The summed E-state index contributed by atoms with van der Waals surface area (Å²) in [7, 11) is 0. The summed E-state index contributed by atoms with van der Waals surface area (Å²) in [6, 6.07) is 12.6. The monoisotopic (exact) mass is 919 g/mol. The third-order valence-corrected chi connectivity index (χ3v) is 10.9. The van der Waals surface area contributed by atoms with E-state index in [0.717, 1.165) is 30.3 Å². The number of rotatable bonds is 13. The number of carbonyl (C=O) groups excluding carboxylic acids is 1. The number of hydrogen-bond acceptors (Lipinski definition) is 22. The highest BCUT2D eigenvalue weighted by Crippen LogP contribution is 2.44. The van der Waals surface area contributed by atoms with Gasteiger partial charge in [0.15, 0.2) is 23.9 Å². The molecule has 1 aromatic heterocycles. The molecule has 14 N–H and O–H groups in total. The summed E-state index contributed by atoms with van der Waals surface area (Å²) in [6.45, 7) is -2.39. The van der Waals surface area contributed by atoms with Gasteiger partial charge in [0.2, 0.25) is 18.3 Å². The zero-order valence-corrected chi connectivity index (χ0v) is 33.6. The summed E-state index contributed by atoms with van der Waals surface area (Å²) in [6.07, 6.45) is -25.0. The van der Waals surface area contributed by atoms with E-state index in [-0.39, 0.29) is 39.5 Å². The Balaban J connectivity index is 1.21. The Kier molecular flexibility index (Phi) is 14.6. The second-order valence-corrected chi connectivity index (χ2v) is 15.3. The van der Waals surface area contributed by atoms with E-state index < -0.39 is 135 Å². The fourth-order valence-corrected chi connectivity index (χ4v) is 7.22. The highest BCUT2D eigenvalue weighted by Gasteiger charge is 2.52. The molecule has 7 rings (SSSR count). The first-order valence-electron chi connectivity index (χ1n) is 19.9. The third-order valence-electron chi connectivity index (χ3n) is 10.9. The number of phenolic OH excluding ortho intramolecular Hbond substituents is 4. The van der Waals surface area contributed by atoms with Gasteiger partial charge in [-0.25, -0.2) is 9.21 Å². The normalized spacial score (nSPS) is 32.9. The van der Waals surface area contributed by atoms with Crippen LogP contribution >= 0.6 is 0 Å². The summed E-state index contributed by atoms with van der Waals surface area (Å²) in [5.41, 5.74) is 0.362. The van der Waals surface area contributed by atoms with Gasteiger partial charge < -0.3 is 105 Å². The number of esters is 1. The number of aromatic hydroxyl groups is 4. The van der Waals surface area contributed by atoms with Crippen molar-refractivity contribution < 1.29 is 114 Å². The molecule has 3 aliphatic rings. The van der Waals surface area contributed by atoms with Crippen LogP contribution in [0.15, 0.2) is 71.2 Å². The van der Waals surface area contributed by atoms with Crippen LogP contribution in [-0.2, 0) is 28.5 Å². The van der Waals surface area contributed by atoms with Crippen LogP contribution in [0.5, 0.6) is 34.5 Å². The number of fused-ring (bicyclic) bond motifs is 1. The minimum atomic E-state index is -2.06. The lowest BCUT2D eigenvalue weighted by Gasteiger charge is -2.45. The third kappa shape index (κ3) is 10.2. The van der Waals surface area contributed by atoms with Crippen molar-refractivity contribution in [2.24, 2.45) is 0 Å². The number of phenols is 4. The smallest absolute Gasteiger partial charge is 0.402 e. The van der Waals surface area contributed by atoms with Crippen molar-refractivity contribution in [3.8, 4) is 45.8 Å². The fraction of sp³-hybridized carbons (Fsp3) is 0.429. The molecule has 0 spiro atoms. The Bertz CT molecular complexity index is 2310. The Labute approximate surface area is 366 Å². The number of benzene rings is 3. The Morgan fingerprint density at radius 1 is 0.600 bits per heavy atom. The molecule has 0 saturated carbocycles. The number of carbonyl (C=O) groups is 1. The second-order valence-electron chi connectivity index (χ2n) is 15.3. The van der Waals surface area contributed by atoms with Crippen molar-refractivity contribution in [2.45, 2.75) is 92.1 Å². The molecule has 23 nitrogen and oxygen atoms in total. The van der Waals surface area contributed by atoms with Gasteiger partial charge >= 0.3 is 17.3 Å². The lowest BCUT2D eigenvalue weighted by Crippen LogP contribution is -2.65. The van der Waals surface area contributed by atoms with Crippen molar-refractivity contribution in [1.29, 1.82) is 0 Å². The van der Waals surface area contributed by atoms with E-state index in [4.69, 9.17) is 37.6 Å². The van der Waals surface area contributed by atoms with Crippen molar-refractivity contribution in [3.63, 3.8) is 0 Å². The van der Waals surface area contributed by atoms with Gasteiger partial charge in [0.25, 0.3) is 0 Å². The van der Waals surface area contributed by atoms with E-state index in [1.54, 1.807) is 0 Å².